The Balaban J connectivity index is 1.93. The largest absolute Gasteiger partial charge is 0.481 e. The molecule has 0 fully saturated rings. The molecule has 2 N–H and O–H groups in total. The number of carbonyl (C=O) groups is 2. The third-order valence-corrected chi connectivity index (χ3v) is 4.38. The summed E-state index contributed by atoms with van der Waals surface area (Å²) in [4.78, 5) is 27.9. The standard InChI is InChI=1S/C16H16F3N3O3S/c1-22(7-6-13(23)24)15(25)20-8-12-9-26-14(21-12)10-2-4-11(5-3-10)16(17,18)19/h2-5,9H,6-8H2,1H3,(H,20,25)(H,23,24). The smallest absolute Gasteiger partial charge is 0.416 e. The molecule has 0 saturated carbocycles. The van der Waals surface area contributed by atoms with Gasteiger partial charge in [0.25, 0.3) is 0 Å². The van der Waals surface area contributed by atoms with Crippen LogP contribution in [0, 0.1) is 0 Å². The zero-order chi connectivity index (χ0) is 19.3. The van der Waals surface area contributed by atoms with Gasteiger partial charge in [0.2, 0.25) is 0 Å². The number of carbonyl (C=O) groups excluding carboxylic acids is 1. The molecule has 0 unspecified atom stereocenters. The first kappa shape index (κ1) is 19.7. The maximum Gasteiger partial charge on any atom is 0.416 e. The normalized spacial score (nSPS) is 11.2. The number of carboxylic acids is 1. The van der Waals surface area contributed by atoms with Crippen LogP contribution in [0.2, 0.25) is 0 Å². The summed E-state index contributed by atoms with van der Waals surface area (Å²) in [5.41, 5.74) is 0.388. The van der Waals surface area contributed by atoms with Crippen LogP contribution >= 0.6 is 11.3 Å². The molecule has 0 bridgehead atoms. The molecule has 0 spiro atoms. The molecule has 0 aliphatic heterocycles. The van der Waals surface area contributed by atoms with Crippen LogP contribution < -0.4 is 5.32 Å². The second-order valence-electron chi connectivity index (χ2n) is 5.44. The van der Waals surface area contributed by atoms with Crippen molar-refractivity contribution in [3.05, 3.63) is 40.9 Å². The molecule has 10 heteroatoms. The highest BCUT2D eigenvalue weighted by atomic mass is 32.1. The summed E-state index contributed by atoms with van der Waals surface area (Å²) in [7, 11) is 1.48. The molecule has 140 valence electrons. The number of rotatable bonds is 6. The van der Waals surface area contributed by atoms with Gasteiger partial charge in [0, 0.05) is 24.5 Å². The van der Waals surface area contributed by atoms with Crippen molar-refractivity contribution in [1.29, 1.82) is 0 Å². The number of nitrogens with one attached hydrogen (secondary N) is 1. The number of alkyl halides is 3. The van der Waals surface area contributed by atoms with Crippen molar-refractivity contribution in [1.82, 2.24) is 15.2 Å². The number of nitrogens with zero attached hydrogens (tertiary/aromatic N) is 2. The second kappa shape index (κ2) is 8.17. The van der Waals surface area contributed by atoms with Crippen LogP contribution in [-0.2, 0) is 17.5 Å². The van der Waals surface area contributed by atoms with E-state index in [1.165, 1.54) is 35.4 Å². The van der Waals surface area contributed by atoms with Gasteiger partial charge in [-0.2, -0.15) is 13.2 Å². The van der Waals surface area contributed by atoms with Crippen molar-refractivity contribution in [2.24, 2.45) is 0 Å². The van der Waals surface area contributed by atoms with E-state index in [1.54, 1.807) is 5.38 Å². The summed E-state index contributed by atoms with van der Waals surface area (Å²) in [6, 6.07) is 4.26. The maximum absolute atomic E-state index is 12.6. The minimum atomic E-state index is -4.39. The topological polar surface area (TPSA) is 82.5 Å². The van der Waals surface area contributed by atoms with Crippen LogP contribution in [0.4, 0.5) is 18.0 Å². The van der Waals surface area contributed by atoms with Crippen LogP contribution in [0.15, 0.2) is 29.6 Å². The third-order valence-electron chi connectivity index (χ3n) is 3.44. The number of halogens is 3. The molecular weight excluding hydrogens is 371 g/mol. The minimum Gasteiger partial charge on any atom is -0.481 e. The highest BCUT2D eigenvalue weighted by molar-refractivity contribution is 7.13. The number of aliphatic carboxylic acids is 1. The Hall–Kier alpha value is -2.62. The lowest BCUT2D eigenvalue weighted by Gasteiger charge is -2.16. The number of aromatic nitrogens is 1. The summed E-state index contributed by atoms with van der Waals surface area (Å²) < 4.78 is 37.7. The zero-order valence-electron chi connectivity index (χ0n) is 13.7. The number of amides is 2. The lowest BCUT2D eigenvalue weighted by atomic mass is 10.1. The Morgan fingerprint density at radius 3 is 2.50 bits per heavy atom. The highest BCUT2D eigenvalue weighted by Crippen LogP contribution is 2.31. The molecule has 0 atom stereocenters. The van der Waals surface area contributed by atoms with E-state index in [1.807, 2.05) is 0 Å². The number of carboxylic acid groups (broad SMARTS) is 1. The van der Waals surface area contributed by atoms with Crippen molar-refractivity contribution in [2.75, 3.05) is 13.6 Å². The van der Waals surface area contributed by atoms with Crippen LogP contribution in [0.5, 0.6) is 0 Å². The quantitative estimate of drug-likeness (QED) is 0.795. The summed E-state index contributed by atoms with van der Waals surface area (Å²) >= 11 is 1.26. The summed E-state index contributed by atoms with van der Waals surface area (Å²) in [5, 5.41) is 13.4. The first-order valence-electron chi connectivity index (χ1n) is 7.49. The van der Waals surface area contributed by atoms with Gasteiger partial charge in [0.1, 0.15) is 5.01 Å². The van der Waals surface area contributed by atoms with E-state index in [0.29, 0.717) is 16.3 Å². The molecule has 0 radical (unpaired) electrons. The summed E-state index contributed by atoms with van der Waals surface area (Å²) in [6.07, 6.45) is -4.54. The number of benzene rings is 1. The molecular formula is C16H16F3N3O3S. The van der Waals surface area contributed by atoms with E-state index in [9.17, 15) is 22.8 Å². The zero-order valence-corrected chi connectivity index (χ0v) is 14.5. The number of hydrogen-bond acceptors (Lipinski definition) is 4. The molecule has 26 heavy (non-hydrogen) atoms. The summed E-state index contributed by atoms with van der Waals surface area (Å²) in [5.74, 6) is -0.995. The Kier molecular flexibility index (Phi) is 6.19. The Bertz CT molecular complexity index is 775. The molecule has 0 aliphatic carbocycles. The van der Waals surface area contributed by atoms with Crippen molar-refractivity contribution in [2.45, 2.75) is 19.1 Å². The Morgan fingerprint density at radius 1 is 1.27 bits per heavy atom. The number of thiazole rings is 1. The monoisotopic (exact) mass is 387 g/mol. The second-order valence-corrected chi connectivity index (χ2v) is 6.30. The molecule has 1 heterocycles. The van der Waals surface area contributed by atoms with E-state index in [-0.39, 0.29) is 19.5 Å². The van der Waals surface area contributed by atoms with E-state index in [0.717, 1.165) is 12.1 Å². The van der Waals surface area contributed by atoms with Gasteiger partial charge >= 0.3 is 18.2 Å². The third kappa shape index (κ3) is 5.45. The molecule has 2 rings (SSSR count). The maximum atomic E-state index is 12.6. The Labute approximate surface area is 151 Å². The first-order chi connectivity index (χ1) is 12.2. The molecule has 1 aromatic heterocycles. The number of hydrogen-bond donors (Lipinski definition) is 2. The van der Waals surface area contributed by atoms with E-state index < -0.39 is 23.7 Å². The van der Waals surface area contributed by atoms with Gasteiger partial charge in [0.05, 0.1) is 24.2 Å². The summed E-state index contributed by atoms with van der Waals surface area (Å²) in [6.45, 7) is 0.211. The number of urea groups is 1. The molecule has 6 nitrogen and oxygen atoms in total. The van der Waals surface area contributed by atoms with Gasteiger partial charge in [-0.25, -0.2) is 9.78 Å². The average molecular weight is 387 g/mol. The average Bonchev–Trinajstić information content (AvgIpc) is 3.05. The predicted octanol–water partition coefficient (Wildman–Crippen LogP) is 3.45. The molecule has 1 aromatic carbocycles. The van der Waals surface area contributed by atoms with Crippen molar-refractivity contribution < 1.29 is 27.9 Å². The van der Waals surface area contributed by atoms with Gasteiger partial charge in [-0.3, -0.25) is 4.79 Å². The van der Waals surface area contributed by atoms with Crippen LogP contribution in [0.3, 0.4) is 0 Å². The van der Waals surface area contributed by atoms with Crippen LogP contribution in [-0.4, -0.2) is 40.6 Å². The first-order valence-corrected chi connectivity index (χ1v) is 8.37. The molecule has 0 aliphatic rings. The molecule has 0 saturated heterocycles. The van der Waals surface area contributed by atoms with Gasteiger partial charge in [-0.1, -0.05) is 12.1 Å². The van der Waals surface area contributed by atoms with Gasteiger partial charge in [-0.15, -0.1) is 11.3 Å². The SMILES string of the molecule is CN(CCC(=O)O)C(=O)NCc1csc(-c2ccc(C(F)(F)F)cc2)n1. The fourth-order valence-corrected chi connectivity index (χ4v) is 2.81. The fourth-order valence-electron chi connectivity index (χ4n) is 1.99. The molecule has 2 amide bonds. The van der Waals surface area contributed by atoms with Crippen molar-refractivity contribution in [3.63, 3.8) is 0 Å². The Morgan fingerprint density at radius 2 is 1.92 bits per heavy atom. The predicted molar refractivity (Wildman–Crippen MR) is 89.7 cm³/mol. The lowest BCUT2D eigenvalue weighted by molar-refractivity contribution is -0.138. The minimum absolute atomic E-state index is 0.0784. The highest BCUT2D eigenvalue weighted by Gasteiger charge is 2.30. The van der Waals surface area contributed by atoms with Crippen LogP contribution in [0.1, 0.15) is 17.7 Å². The lowest BCUT2D eigenvalue weighted by Crippen LogP contribution is -2.38. The van der Waals surface area contributed by atoms with E-state index in [2.05, 4.69) is 10.3 Å². The van der Waals surface area contributed by atoms with Gasteiger partial charge < -0.3 is 15.3 Å². The van der Waals surface area contributed by atoms with Crippen LogP contribution in [0.25, 0.3) is 10.6 Å². The van der Waals surface area contributed by atoms with Crippen molar-refractivity contribution >= 4 is 23.3 Å². The fraction of sp³-hybridized carbons (Fsp3) is 0.312. The molecule has 2 aromatic rings. The van der Waals surface area contributed by atoms with Gasteiger partial charge in [0.15, 0.2) is 0 Å². The van der Waals surface area contributed by atoms with Crippen molar-refractivity contribution in [3.8, 4) is 10.6 Å². The van der Waals surface area contributed by atoms with E-state index in [4.69, 9.17) is 5.11 Å². The van der Waals surface area contributed by atoms with Gasteiger partial charge in [-0.05, 0) is 12.1 Å². The van der Waals surface area contributed by atoms with E-state index >= 15 is 0 Å².